The number of rotatable bonds is 1. The maximum absolute atomic E-state index is 4.09. The van der Waals surface area contributed by atoms with Crippen LogP contribution < -0.4 is 0 Å². The van der Waals surface area contributed by atoms with Gasteiger partial charge in [-0.15, -0.1) is 16.9 Å². The van der Waals surface area contributed by atoms with E-state index in [1.54, 1.807) is 11.8 Å². The molecule has 1 aromatic heterocycles. The smallest absolute Gasteiger partial charge is 0.122 e. The van der Waals surface area contributed by atoms with Crippen molar-refractivity contribution >= 4 is 17.8 Å². The summed E-state index contributed by atoms with van der Waals surface area (Å²) in [6, 6.07) is 0. The molecule has 0 atom stereocenters. The van der Waals surface area contributed by atoms with Gasteiger partial charge in [-0.1, -0.05) is 12.2 Å². The highest BCUT2D eigenvalue weighted by molar-refractivity contribution is 7.98. The van der Waals surface area contributed by atoms with Crippen molar-refractivity contribution in [2.75, 3.05) is 6.26 Å². The lowest BCUT2D eigenvalue weighted by molar-refractivity contribution is 0.842. The molecule has 3 heteroatoms. The highest BCUT2D eigenvalue weighted by Crippen LogP contribution is 2.25. The molecule has 0 aliphatic heterocycles. The molecule has 0 fully saturated rings. The maximum atomic E-state index is 4.09. The normalized spacial score (nSPS) is 14.4. The summed E-state index contributed by atoms with van der Waals surface area (Å²) in [6.45, 7) is 0. The lowest BCUT2D eigenvalue weighted by atomic mass is 10.0. The monoisotopic (exact) mass is 178 g/mol. The van der Waals surface area contributed by atoms with Crippen molar-refractivity contribution in [3.8, 4) is 0 Å². The Hall–Kier alpha value is -0.830. The molecule has 0 saturated heterocycles. The Balaban J connectivity index is 2.53. The van der Waals surface area contributed by atoms with Gasteiger partial charge in [0.15, 0.2) is 0 Å². The van der Waals surface area contributed by atoms with Crippen molar-refractivity contribution in [2.24, 2.45) is 0 Å². The van der Waals surface area contributed by atoms with Crippen molar-refractivity contribution in [3.05, 3.63) is 23.4 Å². The minimum atomic E-state index is 1.08. The van der Waals surface area contributed by atoms with Gasteiger partial charge in [0.05, 0.1) is 6.20 Å². The second kappa shape index (κ2) is 3.27. The molecule has 2 nitrogen and oxygen atoms in total. The molecule has 2 rings (SSSR count). The predicted octanol–water partition coefficient (Wildman–Crippen LogP) is 2.16. The summed E-state index contributed by atoms with van der Waals surface area (Å²) in [5, 5.41) is 9.12. The third kappa shape index (κ3) is 1.25. The number of allylic oxidation sites excluding steroid dienone is 1. The van der Waals surface area contributed by atoms with Crippen LogP contribution in [0.4, 0.5) is 0 Å². The Morgan fingerprint density at radius 1 is 1.50 bits per heavy atom. The molecule has 0 amide bonds. The van der Waals surface area contributed by atoms with Crippen molar-refractivity contribution < 1.29 is 0 Å². The lowest BCUT2D eigenvalue weighted by Crippen LogP contribution is -2.00. The van der Waals surface area contributed by atoms with Crippen LogP contribution in [-0.2, 0) is 6.42 Å². The Kier molecular flexibility index (Phi) is 2.13. The van der Waals surface area contributed by atoms with Gasteiger partial charge >= 0.3 is 0 Å². The number of thioether (sulfide) groups is 1. The van der Waals surface area contributed by atoms with Crippen LogP contribution in [0.2, 0.25) is 0 Å². The molecule has 0 bridgehead atoms. The van der Waals surface area contributed by atoms with E-state index >= 15 is 0 Å². The number of hydrogen-bond donors (Lipinski definition) is 0. The summed E-state index contributed by atoms with van der Waals surface area (Å²) in [7, 11) is 0. The van der Waals surface area contributed by atoms with Gasteiger partial charge in [-0.05, 0) is 24.7 Å². The second-order valence-electron chi connectivity index (χ2n) is 2.73. The topological polar surface area (TPSA) is 25.8 Å². The van der Waals surface area contributed by atoms with E-state index in [4.69, 9.17) is 0 Å². The summed E-state index contributed by atoms with van der Waals surface area (Å²) >= 11 is 1.68. The number of nitrogens with zero attached hydrogens (tertiary/aromatic N) is 2. The minimum absolute atomic E-state index is 1.08. The van der Waals surface area contributed by atoms with Gasteiger partial charge in [0.25, 0.3) is 0 Å². The Morgan fingerprint density at radius 2 is 2.42 bits per heavy atom. The zero-order valence-electron chi connectivity index (χ0n) is 6.95. The standard InChI is InChI=1S/C9H10N2S/c1-12-9-8-5-3-2-4-7(8)6-10-11-9/h2,4,6H,3,5H2,1H3. The molecule has 0 saturated carbocycles. The van der Waals surface area contributed by atoms with Gasteiger partial charge in [0, 0.05) is 5.56 Å². The van der Waals surface area contributed by atoms with Crippen LogP contribution in [0, 0.1) is 0 Å². The van der Waals surface area contributed by atoms with Crippen LogP contribution in [0.15, 0.2) is 17.3 Å². The van der Waals surface area contributed by atoms with E-state index in [1.807, 2.05) is 12.5 Å². The van der Waals surface area contributed by atoms with Crippen molar-refractivity contribution in [1.29, 1.82) is 0 Å². The third-order valence-electron chi connectivity index (χ3n) is 2.00. The quantitative estimate of drug-likeness (QED) is 0.616. The summed E-state index contributed by atoms with van der Waals surface area (Å²) in [6.07, 6.45) is 10.4. The van der Waals surface area contributed by atoms with Crippen LogP contribution in [0.3, 0.4) is 0 Å². The number of aromatic nitrogens is 2. The zero-order valence-corrected chi connectivity index (χ0v) is 7.77. The molecular formula is C9H10N2S. The van der Waals surface area contributed by atoms with Gasteiger partial charge in [-0.3, -0.25) is 0 Å². The molecule has 1 heterocycles. The molecule has 0 unspecified atom stereocenters. The molecule has 0 aromatic carbocycles. The fourth-order valence-corrected chi connectivity index (χ4v) is 2.00. The van der Waals surface area contributed by atoms with Crippen molar-refractivity contribution in [3.63, 3.8) is 0 Å². The van der Waals surface area contributed by atoms with E-state index in [1.165, 1.54) is 11.1 Å². The summed E-state index contributed by atoms with van der Waals surface area (Å²) in [5.74, 6) is 0. The van der Waals surface area contributed by atoms with Crippen LogP contribution in [0.5, 0.6) is 0 Å². The van der Waals surface area contributed by atoms with Gasteiger partial charge in [0.2, 0.25) is 0 Å². The first-order chi connectivity index (χ1) is 5.92. The summed E-state index contributed by atoms with van der Waals surface area (Å²) in [5.41, 5.74) is 2.60. The SMILES string of the molecule is CSc1nncc2c1CCC=C2. The Bertz CT molecular complexity index is 320. The molecule has 1 aliphatic rings. The van der Waals surface area contributed by atoms with Crippen LogP contribution in [0.25, 0.3) is 6.08 Å². The highest BCUT2D eigenvalue weighted by Gasteiger charge is 2.09. The number of hydrogen-bond acceptors (Lipinski definition) is 3. The van der Waals surface area contributed by atoms with E-state index in [-0.39, 0.29) is 0 Å². The van der Waals surface area contributed by atoms with Gasteiger partial charge in [-0.25, -0.2) is 0 Å². The fraction of sp³-hybridized carbons (Fsp3) is 0.333. The average Bonchev–Trinajstić information content (AvgIpc) is 2.17. The lowest BCUT2D eigenvalue weighted by Gasteiger charge is -2.11. The van der Waals surface area contributed by atoms with E-state index < -0.39 is 0 Å². The van der Waals surface area contributed by atoms with Crippen LogP contribution >= 0.6 is 11.8 Å². The summed E-state index contributed by atoms with van der Waals surface area (Å²) in [4.78, 5) is 0. The van der Waals surface area contributed by atoms with Crippen molar-refractivity contribution in [1.82, 2.24) is 10.2 Å². The third-order valence-corrected chi connectivity index (χ3v) is 2.72. The molecule has 62 valence electrons. The van der Waals surface area contributed by atoms with E-state index in [0.29, 0.717) is 0 Å². The first-order valence-electron chi connectivity index (χ1n) is 3.97. The Labute approximate surface area is 76.1 Å². The minimum Gasteiger partial charge on any atom is -0.157 e. The zero-order chi connectivity index (χ0) is 8.39. The Morgan fingerprint density at radius 3 is 3.25 bits per heavy atom. The second-order valence-corrected chi connectivity index (χ2v) is 3.52. The number of fused-ring (bicyclic) bond motifs is 1. The molecular weight excluding hydrogens is 168 g/mol. The molecule has 1 aromatic rings. The summed E-state index contributed by atoms with van der Waals surface area (Å²) < 4.78 is 0. The fourth-order valence-electron chi connectivity index (χ4n) is 1.40. The molecule has 0 N–H and O–H groups in total. The predicted molar refractivity (Wildman–Crippen MR) is 51.2 cm³/mol. The van der Waals surface area contributed by atoms with Crippen molar-refractivity contribution in [2.45, 2.75) is 17.9 Å². The first kappa shape index (κ1) is 7.80. The van der Waals surface area contributed by atoms with E-state index in [2.05, 4.69) is 22.3 Å². The molecule has 0 radical (unpaired) electrons. The van der Waals surface area contributed by atoms with Crippen LogP contribution in [0.1, 0.15) is 17.5 Å². The highest BCUT2D eigenvalue weighted by atomic mass is 32.2. The first-order valence-corrected chi connectivity index (χ1v) is 5.19. The van der Waals surface area contributed by atoms with E-state index in [9.17, 15) is 0 Å². The van der Waals surface area contributed by atoms with Gasteiger partial charge in [-0.2, -0.15) is 5.10 Å². The average molecular weight is 178 g/mol. The largest absolute Gasteiger partial charge is 0.157 e. The van der Waals surface area contributed by atoms with E-state index in [0.717, 1.165) is 17.9 Å². The maximum Gasteiger partial charge on any atom is 0.122 e. The molecule has 1 aliphatic carbocycles. The molecule has 0 spiro atoms. The van der Waals surface area contributed by atoms with Crippen LogP contribution in [-0.4, -0.2) is 16.5 Å². The van der Waals surface area contributed by atoms with Gasteiger partial charge < -0.3 is 0 Å². The molecule has 12 heavy (non-hydrogen) atoms. The van der Waals surface area contributed by atoms with Gasteiger partial charge in [0.1, 0.15) is 5.03 Å².